The summed E-state index contributed by atoms with van der Waals surface area (Å²) in [4.78, 5) is 28.6. The van der Waals surface area contributed by atoms with Crippen LogP contribution in [0.3, 0.4) is 0 Å². The second-order valence-corrected chi connectivity index (χ2v) is 6.93. The monoisotopic (exact) mass is 416 g/mol. The van der Waals surface area contributed by atoms with E-state index in [1.807, 2.05) is 42.1 Å². The molecule has 0 bridgehead atoms. The summed E-state index contributed by atoms with van der Waals surface area (Å²) in [7, 11) is 0. The molecule has 156 valence electrons. The second-order valence-electron chi connectivity index (χ2n) is 6.93. The van der Waals surface area contributed by atoms with Gasteiger partial charge in [0.05, 0.1) is 5.56 Å². The Morgan fingerprint density at radius 3 is 2.27 bits per heavy atom. The van der Waals surface area contributed by atoms with Gasteiger partial charge in [-0.2, -0.15) is 13.2 Å². The number of anilines is 1. The Morgan fingerprint density at radius 2 is 1.67 bits per heavy atom. The smallest absolute Gasteiger partial charge is 0.353 e. The molecule has 0 unspecified atom stereocenters. The Balaban J connectivity index is 1.43. The predicted octanol–water partition coefficient (Wildman–Crippen LogP) is 2.95. The Morgan fingerprint density at radius 1 is 1.00 bits per heavy atom. The van der Waals surface area contributed by atoms with Gasteiger partial charge in [0.25, 0.3) is 5.91 Å². The lowest BCUT2D eigenvalue weighted by Crippen LogP contribution is -2.49. The van der Waals surface area contributed by atoms with Crippen molar-refractivity contribution in [3.63, 3.8) is 0 Å². The van der Waals surface area contributed by atoms with Crippen LogP contribution >= 0.6 is 0 Å². The molecule has 10 heteroatoms. The third-order valence-corrected chi connectivity index (χ3v) is 4.87. The Kier molecular flexibility index (Phi) is 5.15. The average molecular weight is 416 g/mol. The Labute approximate surface area is 170 Å². The minimum atomic E-state index is -4.53. The summed E-state index contributed by atoms with van der Waals surface area (Å²) in [6.45, 7) is 3.81. The predicted molar refractivity (Wildman–Crippen MR) is 103 cm³/mol. The highest BCUT2D eigenvalue weighted by Gasteiger charge is 2.32. The summed E-state index contributed by atoms with van der Waals surface area (Å²) in [5.41, 5.74) is -0.870. The maximum absolute atomic E-state index is 12.7. The standard InChI is InChI=1S/C20H19F3N6O/c1-14-25-17(27-6-2-3-7-27)12-18(26-14)28-8-10-29(11-9-28)19(30)15-4-5-16(24-13-15)20(21,22)23/h2-7,12-13H,8-11H2,1H3. The van der Waals surface area contributed by atoms with E-state index in [4.69, 9.17) is 0 Å². The van der Waals surface area contributed by atoms with Gasteiger partial charge in [-0.05, 0) is 31.2 Å². The highest BCUT2D eigenvalue weighted by molar-refractivity contribution is 5.94. The van der Waals surface area contributed by atoms with Crippen LogP contribution in [0, 0.1) is 6.92 Å². The Hall–Kier alpha value is -3.43. The van der Waals surface area contributed by atoms with Crippen LogP contribution in [0.15, 0.2) is 48.9 Å². The number of hydrogen-bond acceptors (Lipinski definition) is 5. The van der Waals surface area contributed by atoms with Crippen LogP contribution in [0.2, 0.25) is 0 Å². The molecule has 0 aromatic carbocycles. The number of carbonyl (C=O) groups excluding carboxylic acids is 1. The number of aromatic nitrogens is 4. The number of hydrogen-bond donors (Lipinski definition) is 0. The van der Waals surface area contributed by atoms with Gasteiger partial charge in [0.15, 0.2) is 0 Å². The maximum Gasteiger partial charge on any atom is 0.433 e. The van der Waals surface area contributed by atoms with E-state index in [-0.39, 0.29) is 11.5 Å². The van der Waals surface area contributed by atoms with Crippen molar-refractivity contribution in [3.05, 3.63) is 66.0 Å². The summed E-state index contributed by atoms with van der Waals surface area (Å²) in [5.74, 6) is 1.85. The van der Waals surface area contributed by atoms with Gasteiger partial charge in [-0.25, -0.2) is 9.97 Å². The first-order chi connectivity index (χ1) is 14.3. The lowest BCUT2D eigenvalue weighted by Gasteiger charge is -2.35. The van der Waals surface area contributed by atoms with Gasteiger partial charge in [-0.3, -0.25) is 9.78 Å². The molecule has 1 aliphatic heterocycles. The van der Waals surface area contributed by atoms with Crippen LogP contribution in [-0.4, -0.2) is 56.5 Å². The normalized spacial score (nSPS) is 14.8. The minimum Gasteiger partial charge on any atom is -0.353 e. The van der Waals surface area contributed by atoms with Crippen molar-refractivity contribution >= 4 is 11.7 Å². The van der Waals surface area contributed by atoms with Crippen LogP contribution in [0.4, 0.5) is 19.0 Å². The maximum atomic E-state index is 12.7. The molecule has 0 radical (unpaired) electrons. The van der Waals surface area contributed by atoms with Gasteiger partial charge in [0.1, 0.15) is 23.2 Å². The number of pyridine rings is 1. The third-order valence-electron chi connectivity index (χ3n) is 4.87. The molecule has 0 saturated carbocycles. The first-order valence-electron chi connectivity index (χ1n) is 9.38. The number of rotatable bonds is 3. The summed E-state index contributed by atoms with van der Waals surface area (Å²) in [6, 6.07) is 7.72. The molecule has 4 rings (SSSR count). The summed E-state index contributed by atoms with van der Waals surface area (Å²) in [6.07, 6.45) is 0.261. The van der Waals surface area contributed by atoms with Crippen molar-refractivity contribution in [2.75, 3.05) is 31.1 Å². The first-order valence-corrected chi connectivity index (χ1v) is 9.38. The number of alkyl halides is 3. The molecule has 4 heterocycles. The molecule has 3 aromatic rings. The number of aryl methyl sites for hydroxylation is 1. The van der Waals surface area contributed by atoms with Gasteiger partial charge in [-0.15, -0.1) is 0 Å². The van der Waals surface area contributed by atoms with E-state index >= 15 is 0 Å². The molecule has 30 heavy (non-hydrogen) atoms. The van der Waals surface area contributed by atoms with E-state index in [0.29, 0.717) is 32.0 Å². The number of piperazine rings is 1. The molecule has 0 atom stereocenters. The molecule has 1 saturated heterocycles. The molecule has 3 aromatic heterocycles. The zero-order valence-corrected chi connectivity index (χ0v) is 16.2. The molecule has 0 N–H and O–H groups in total. The van der Waals surface area contributed by atoms with Crippen LogP contribution in [-0.2, 0) is 6.18 Å². The summed E-state index contributed by atoms with van der Waals surface area (Å²) in [5, 5.41) is 0. The molecule has 7 nitrogen and oxygen atoms in total. The van der Waals surface area contributed by atoms with E-state index in [2.05, 4.69) is 19.9 Å². The van der Waals surface area contributed by atoms with Crippen molar-refractivity contribution in [1.82, 2.24) is 24.4 Å². The largest absolute Gasteiger partial charge is 0.433 e. The van der Waals surface area contributed by atoms with Crippen LogP contribution in [0.25, 0.3) is 5.82 Å². The van der Waals surface area contributed by atoms with E-state index in [1.165, 1.54) is 6.07 Å². The van der Waals surface area contributed by atoms with Crippen molar-refractivity contribution < 1.29 is 18.0 Å². The number of halogens is 3. The summed E-state index contributed by atoms with van der Waals surface area (Å²) >= 11 is 0. The molecule has 1 fully saturated rings. The molecule has 1 aliphatic rings. The first kappa shape index (κ1) is 19.9. The van der Waals surface area contributed by atoms with Crippen LogP contribution in [0.1, 0.15) is 21.9 Å². The zero-order valence-electron chi connectivity index (χ0n) is 16.2. The SMILES string of the molecule is Cc1nc(N2CCN(C(=O)c3ccc(C(F)(F)F)nc3)CC2)cc(-n2cccc2)n1. The van der Waals surface area contributed by atoms with E-state index < -0.39 is 11.9 Å². The van der Waals surface area contributed by atoms with Crippen molar-refractivity contribution in [2.45, 2.75) is 13.1 Å². The summed E-state index contributed by atoms with van der Waals surface area (Å²) < 4.78 is 39.9. The van der Waals surface area contributed by atoms with Crippen molar-refractivity contribution in [3.8, 4) is 5.82 Å². The third kappa shape index (κ3) is 4.12. The fourth-order valence-electron chi connectivity index (χ4n) is 3.33. The van der Waals surface area contributed by atoms with Gasteiger partial charge in [0.2, 0.25) is 0 Å². The topological polar surface area (TPSA) is 67.2 Å². The second kappa shape index (κ2) is 7.77. The highest BCUT2D eigenvalue weighted by Crippen LogP contribution is 2.27. The minimum absolute atomic E-state index is 0.143. The van der Waals surface area contributed by atoms with E-state index in [0.717, 1.165) is 23.9 Å². The van der Waals surface area contributed by atoms with Gasteiger partial charge in [0, 0.05) is 50.8 Å². The zero-order chi connectivity index (χ0) is 21.3. The van der Waals surface area contributed by atoms with Crippen LogP contribution in [0.5, 0.6) is 0 Å². The van der Waals surface area contributed by atoms with Gasteiger partial charge in [-0.1, -0.05) is 0 Å². The quantitative estimate of drug-likeness (QED) is 0.657. The molecular weight excluding hydrogens is 397 g/mol. The fraction of sp³-hybridized carbons (Fsp3) is 0.300. The molecule has 0 aliphatic carbocycles. The van der Waals surface area contributed by atoms with Crippen LogP contribution < -0.4 is 4.90 Å². The highest BCUT2D eigenvalue weighted by atomic mass is 19.4. The lowest BCUT2D eigenvalue weighted by atomic mass is 10.2. The van der Waals surface area contributed by atoms with Crippen molar-refractivity contribution in [2.24, 2.45) is 0 Å². The van der Waals surface area contributed by atoms with E-state index in [1.54, 1.807) is 4.90 Å². The van der Waals surface area contributed by atoms with E-state index in [9.17, 15) is 18.0 Å². The Bertz CT molecular complexity index is 1030. The number of nitrogens with zero attached hydrogens (tertiary/aromatic N) is 6. The lowest BCUT2D eigenvalue weighted by molar-refractivity contribution is -0.141. The van der Waals surface area contributed by atoms with Gasteiger partial charge >= 0.3 is 6.18 Å². The fourth-order valence-corrected chi connectivity index (χ4v) is 3.33. The number of carbonyl (C=O) groups is 1. The molecular formula is C20H19F3N6O. The van der Waals surface area contributed by atoms with Crippen molar-refractivity contribution in [1.29, 1.82) is 0 Å². The molecule has 0 spiro atoms. The molecule has 1 amide bonds. The van der Waals surface area contributed by atoms with Gasteiger partial charge < -0.3 is 14.4 Å². The number of amides is 1. The average Bonchev–Trinajstić information content (AvgIpc) is 3.27.